The first-order valence-electron chi connectivity index (χ1n) is 8.59. The highest BCUT2D eigenvalue weighted by atomic mass is 16.3. The summed E-state index contributed by atoms with van der Waals surface area (Å²) in [5.41, 5.74) is 0. The average molecular weight is 317 g/mol. The summed E-state index contributed by atoms with van der Waals surface area (Å²) in [6, 6.07) is 0. The van der Waals surface area contributed by atoms with Crippen molar-refractivity contribution in [2.75, 3.05) is 32.8 Å². The standard InChI is InChI=1S/C17H35NO4/c1-2-3-4-5-6-7-8-9-10-11-18(12-16(21)14-19)13-17(22)15-20/h5-6,16-17,19-22H,2-4,7-15H2,1H3/b6-5+. The number of allylic oxidation sites excluding steroid dienone is 2. The smallest absolute Gasteiger partial charge is 0.0897 e. The molecule has 0 heterocycles. The van der Waals surface area contributed by atoms with E-state index in [2.05, 4.69) is 19.1 Å². The topological polar surface area (TPSA) is 84.2 Å². The Morgan fingerprint density at radius 3 is 1.86 bits per heavy atom. The molecule has 5 nitrogen and oxygen atoms in total. The molecule has 0 aliphatic carbocycles. The van der Waals surface area contributed by atoms with Crippen LogP contribution in [0.25, 0.3) is 0 Å². The van der Waals surface area contributed by atoms with Crippen molar-refractivity contribution in [3.8, 4) is 0 Å². The van der Waals surface area contributed by atoms with Gasteiger partial charge < -0.3 is 20.4 Å². The molecule has 0 rings (SSSR count). The summed E-state index contributed by atoms with van der Waals surface area (Å²) in [6.07, 6.45) is 10.9. The minimum Gasteiger partial charge on any atom is -0.394 e. The number of unbranched alkanes of at least 4 members (excludes halogenated alkanes) is 5. The lowest BCUT2D eigenvalue weighted by molar-refractivity contribution is 0.0228. The van der Waals surface area contributed by atoms with Gasteiger partial charge in [-0.15, -0.1) is 0 Å². The van der Waals surface area contributed by atoms with E-state index in [1.54, 1.807) is 0 Å². The molecule has 5 heteroatoms. The summed E-state index contributed by atoms with van der Waals surface area (Å²) in [4.78, 5) is 1.90. The lowest BCUT2D eigenvalue weighted by atomic mass is 10.1. The highest BCUT2D eigenvalue weighted by Crippen LogP contribution is 2.05. The summed E-state index contributed by atoms with van der Waals surface area (Å²) in [6.45, 7) is 3.03. The Bertz CT molecular complexity index is 249. The molecule has 0 aromatic carbocycles. The molecule has 0 aliphatic heterocycles. The molecule has 132 valence electrons. The summed E-state index contributed by atoms with van der Waals surface area (Å²) in [5, 5.41) is 36.8. The van der Waals surface area contributed by atoms with Gasteiger partial charge in [0, 0.05) is 13.1 Å². The summed E-state index contributed by atoms with van der Waals surface area (Å²) < 4.78 is 0. The van der Waals surface area contributed by atoms with Crippen molar-refractivity contribution in [2.45, 2.75) is 64.1 Å². The van der Waals surface area contributed by atoms with Gasteiger partial charge >= 0.3 is 0 Å². The van der Waals surface area contributed by atoms with E-state index in [1.165, 1.54) is 19.3 Å². The number of aliphatic hydroxyl groups excluding tert-OH is 4. The maximum absolute atomic E-state index is 9.51. The van der Waals surface area contributed by atoms with E-state index < -0.39 is 12.2 Å². The van der Waals surface area contributed by atoms with Crippen LogP contribution in [0.1, 0.15) is 51.9 Å². The van der Waals surface area contributed by atoms with Gasteiger partial charge in [-0.3, -0.25) is 4.90 Å². The molecule has 0 saturated heterocycles. The van der Waals surface area contributed by atoms with Crippen LogP contribution in [0.2, 0.25) is 0 Å². The molecule has 0 spiro atoms. The zero-order valence-corrected chi connectivity index (χ0v) is 14.0. The van der Waals surface area contributed by atoms with E-state index in [9.17, 15) is 10.2 Å². The van der Waals surface area contributed by atoms with Gasteiger partial charge in [-0.05, 0) is 32.2 Å². The Morgan fingerprint density at radius 2 is 1.36 bits per heavy atom. The van der Waals surface area contributed by atoms with Crippen molar-refractivity contribution in [1.82, 2.24) is 4.90 Å². The highest BCUT2D eigenvalue weighted by molar-refractivity contribution is 4.81. The second kappa shape index (κ2) is 15.4. The van der Waals surface area contributed by atoms with Crippen LogP contribution in [-0.4, -0.2) is 70.4 Å². The number of hydrogen-bond acceptors (Lipinski definition) is 5. The molecule has 2 atom stereocenters. The van der Waals surface area contributed by atoms with E-state index in [1.807, 2.05) is 4.90 Å². The van der Waals surface area contributed by atoms with Crippen LogP contribution in [0.15, 0.2) is 12.2 Å². The molecule has 0 aromatic heterocycles. The van der Waals surface area contributed by atoms with Crippen molar-refractivity contribution >= 4 is 0 Å². The van der Waals surface area contributed by atoms with Gasteiger partial charge in [-0.2, -0.15) is 0 Å². The maximum Gasteiger partial charge on any atom is 0.0897 e. The third-order valence-corrected chi connectivity index (χ3v) is 3.60. The Labute approximate surface area is 135 Å². The normalized spacial score (nSPS) is 14.8. The highest BCUT2D eigenvalue weighted by Gasteiger charge is 2.14. The van der Waals surface area contributed by atoms with Crippen molar-refractivity contribution in [3.05, 3.63) is 12.2 Å². The molecule has 0 fully saturated rings. The average Bonchev–Trinajstić information content (AvgIpc) is 2.52. The second-order valence-corrected chi connectivity index (χ2v) is 5.90. The van der Waals surface area contributed by atoms with Crippen molar-refractivity contribution in [1.29, 1.82) is 0 Å². The second-order valence-electron chi connectivity index (χ2n) is 5.90. The molecule has 4 N–H and O–H groups in total. The van der Waals surface area contributed by atoms with Crippen LogP contribution in [0.3, 0.4) is 0 Å². The molecule has 0 amide bonds. The van der Waals surface area contributed by atoms with Crippen molar-refractivity contribution in [3.63, 3.8) is 0 Å². The quantitative estimate of drug-likeness (QED) is 0.270. The number of hydrogen-bond donors (Lipinski definition) is 4. The molecule has 0 bridgehead atoms. The van der Waals surface area contributed by atoms with Crippen LogP contribution in [0, 0.1) is 0 Å². The molecule has 0 aromatic rings. The lowest BCUT2D eigenvalue weighted by Gasteiger charge is -2.26. The maximum atomic E-state index is 9.51. The van der Waals surface area contributed by atoms with E-state index in [-0.39, 0.29) is 13.2 Å². The predicted octanol–water partition coefficient (Wildman–Crippen LogP) is 1.30. The fourth-order valence-corrected chi connectivity index (χ4v) is 2.30. The van der Waals surface area contributed by atoms with E-state index in [0.717, 1.165) is 32.2 Å². The SMILES string of the molecule is CCCC/C=C/CCCCCN(CC(O)CO)CC(O)CO. The molecule has 0 aliphatic rings. The van der Waals surface area contributed by atoms with Gasteiger partial charge in [0.05, 0.1) is 25.4 Å². The summed E-state index contributed by atoms with van der Waals surface area (Å²) in [7, 11) is 0. The van der Waals surface area contributed by atoms with E-state index >= 15 is 0 Å². The molecular formula is C17H35NO4. The van der Waals surface area contributed by atoms with Crippen LogP contribution in [0.5, 0.6) is 0 Å². The largest absolute Gasteiger partial charge is 0.394 e. The minimum atomic E-state index is -0.799. The Morgan fingerprint density at radius 1 is 0.818 bits per heavy atom. The fourth-order valence-electron chi connectivity index (χ4n) is 2.30. The molecule has 2 unspecified atom stereocenters. The van der Waals surface area contributed by atoms with E-state index in [0.29, 0.717) is 13.1 Å². The Kier molecular flexibility index (Phi) is 15.1. The van der Waals surface area contributed by atoms with Gasteiger partial charge in [-0.25, -0.2) is 0 Å². The van der Waals surface area contributed by atoms with Gasteiger partial charge in [-0.1, -0.05) is 38.3 Å². The Balaban J connectivity index is 3.80. The van der Waals surface area contributed by atoms with Crippen LogP contribution >= 0.6 is 0 Å². The lowest BCUT2D eigenvalue weighted by Crippen LogP contribution is -2.40. The van der Waals surface area contributed by atoms with Crippen LogP contribution in [0.4, 0.5) is 0 Å². The Hall–Kier alpha value is -0.460. The molecule has 0 saturated carbocycles. The van der Waals surface area contributed by atoms with Crippen molar-refractivity contribution < 1.29 is 20.4 Å². The third kappa shape index (κ3) is 13.2. The van der Waals surface area contributed by atoms with E-state index in [4.69, 9.17) is 10.2 Å². The first kappa shape index (κ1) is 21.5. The van der Waals surface area contributed by atoms with Crippen molar-refractivity contribution in [2.24, 2.45) is 0 Å². The van der Waals surface area contributed by atoms with Crippen LogP contribution < -0.4 is 0 Å². The van der Waals surface area contributed by atoms with Gasteiger partial charge in [0.25, 0.3) is 0 Å². The number of nitrogens with zero attached hydrogens (tertiary/aromatic N) is 1. The monoisotopic (exact) mass is 317 g/mol. The first-order valence-corrected chi connectivity index (χ1v) is 8.59. The van der Waals surface area contributed by atoms with Gasteiger partial charge in [0.2, 0.25) is 0 Å². The molecule has 0 radical (unpaired) electrons. The summed E-state index contributed by atoms with van der Waals surface area (Å²) >= 11 is 0. The van der Waals surface area contributed by atoms with Gasteiger partial charge in [0.1, 0.15) is 0 Å². The number of aliphatic hydroxyl groups is 4. The fraction of sp³-hybridized carbons (Fsp3) is 0.882. The third-order valence-electron chi connectivity index (χ3n) is 3.60. The van der Waals surface area contributed by atoms with Gasteiger partial charge in [0.15, 0.2) is 0 Å². The zero-order valence-electron chi connectivity index (χ0n) is 14.0. The first-order chi connectivity index (χ1) is 10.6. The molecular weight excluding hydrogens is 282 g/mol. The summed E-state index contributed by atoms with van der Waals surface area (Å²) in [5.74, 6) is 0. The molecule has 22 heavy (non-hydrogen) atoms. The predicted molar refractivity (Wildman–Crippen MR) is 89.8 cm³/mol. The minimum absolute atomic E-state index is 0.283. The van der Waals surface area contributed by atoms with Crippen LogP contribution in [-0.2, 0) is 0 Å². The number of rotatable bonds is 15. The zero-order chi connectivity index (χ0) is 16.6.